The minimum atomic E-state index is 0.491. The molecule has 1 fully saturated rings. The van der Waals surface area contributed by atoms with Crippen LogP contribution in [0, 0.1) is 0 Å². The molecule has 0 radical (unpaired) electrons. The molecule has 0 bridgehead atoms. The van der Waals surface area contributed by atoms with Crippen molar-refractivity contribution in [3.8, 4) is 0 Å². The Morgan fingerprint density at radius 3 is 1.48 bits per heavy atom. The van der Waals surface area contributed by atoms with Crippen molar-refractivity contribution in [2.24, 2.45) is 0 Å². The topological polar surface area (TPSA) is 21.3 Å². The van der Waals surface area contributed by atoms with E-state index in [1.165, 1.54) is 116 Å². The molecule has 1 saturated heterocycles. The number of unbranched alkanes of at least 4 members (excludes halogenated alkanes) is 16. The number of hydrogen-bond donors (Lipinski definition) is 1. The highest BCUT2D eigenvalue weighted by atomic mass is 16.5. The summed E-state index contributed by atoms with van der Waals surface area (Å²) >= 11 is 0. The molecule has 0 spiro atoms. The SMILES string of the molecule is CCCCCCCCCCCCCCCCCCCC1CNCCO1. The van der Waals surface area contributed by atoms with Gasteiger partial charge in [-0.15, -0.1) is 0 Å². The van der Waals surface area contributed by atoms with Crippen molar-refractivity contribution < 1.29 is 4.74 Å². The van der Waals surface area contributed by atoms with Gasteiger partial charge in [0.05, 0.1) is 12.7 Å². The molecule has 0 aliphatic carbocycles. The van der Waals surface area contributed by atoms with Gasteiger partial charge in [-0.3, -0.25) is 0 Å². The van der Waals surface area contributed by atoms with Crippen molar-refractivity contribution in [1.82, 2.24) is 5.32 Å². The Bertz CT molecular complexity index is 250. The number of hydrogen-bond acceptors (Lipinski definition) is 2. The van der Waals surface area contributed by atoms with E-state index in [0.717, 1.165) is 19.7 Å². The molecule has 0 aromatic rings. The summed E-state index contributed by atoms with van der Waals surface area (Å²) in [6.45, 7) is 5.31. The van der Waals surface area contributed by atoms with E-state index in [4.69, 9.17) is 4.74 Å². The van der Waals surface area contributed by atoms with E-state index < -0.39 is 0 Å². The maximum atomic E-state index is 5.74. The fourth-order valence-electron chi connectivity index (χ4n) is 3.90. The Kier molecular flexibility index (Phi) is 17.2. The van der Waals surface area contributed by atoms with E-state index in [2.05, 4.69) is 12.2 Å². The average molecular weight is 354 g/mol. The first-order valence-corrected chi connectivity index (χ1v) is 11.8. The van der Waals surface area contributed by atoms with Gasteiger partial charge in [0.15, 0.2) is 0 Å². The van der Waals surface area contributed by atoms with E-state index in [1.807, 2.05) is 0 Å². The zero-order valence-corrected chi connectivity index (χ0v) is 17.3. The van der Waals surface area contributed by atoms with Crippen molar-refractivity contribution in [3.05, 3.63) is 0 Å². The first-order valence-electron chi connectivity index (χ1n) is 11.8. The molecule has 2 heteroatoms. The van der Waals surface area contributed by atoms with Crippen molar-refractivity contribution in [1.29, 1.82) is 0 Å². The van der Waals surface area contributed by atoms with Crippen LogP contribution < -0.4 is 5.32 Å². The number of ether oxygens (including phenoxy) is 1. The molecule has 1 rings (SSSR count). The maximum absolute atomic E-state index is 5.74. The summed E-state index contributed by atoms with van der Waals surface area (Å²) in [5.74, 6) is 0. The molecule has 2 nitrogen and oxygen atoms in total. The van der Waals surface area contributed by atoms with E-state index in [-0.39, 0.29) is 0 Å². The van der Waals surface area contributed by atoms with Crippen LogP contribution in [0.4, 0.5) is 0 Å². The van der Waals surface area contributed by atoms with Crippen LogP contribution >= 0.6 is 0 Å². The van der Waals surface area contributed by atoms with Crippen LogP contribution in [0.2, 0.25) is 0 Å². The number of rotatable bonds is 18. The second-order valence-corrected chi connectivity index (χ2v) is 8.14. The average Bonchev–Trinajstić information content (AvgIpc) is 2.65. The Labute approximate surface area is 158 Å². The van der Waals surface area contributed by atoms with Gasteiger partial charge >= 0.3 is 0 Å². The highest BCUT2D eigenvalue weighted by Gasteiger charge is 2.11. The van der Waals surface area contributed by atoms with E-state index >= 15 is 0 Å². The van der Waals surface area contributed by atoms with Crippen LogP contribution in [0.5, 0.6) is 0 Å². The number of morpholine rings is 1. The van der Waals surface area contributed by atoms with Crippen LogP contribution in [-0.2, 0) is 4.74 Å². The second-order valence-electron chi connectivity index (χ2n) is 8.14. The molecule has 0 amide bonds. The molecule has 1 heterocycles. The molecule has 1 N–H and O–H groups in total. The molecular formula is C23H47NO. The standard InChI is InChI=1S/C23H47NO/c1-2-3-4-5-6-7-8-9-10-11-12-13-14-15-16-17-18-19-23-22-24-20-21-25-23/h23-24H,2-22H2,1H3. The summed E-state index contributed by atoms with van der Waals surface area (Å²) < 4.78 is 5.74. The molecule has 1 atom stereocenters. The summed E-state index contributed by atoms with van der Waals surface area (Å²) in [6, 6.07) is 0. The van der Waals surface area contributed by atoms with Crippen molar-refractivity contribution in [2.45, 2.75) is 129 Å². The van der Waals surface area contributed by atoms with E-state index in [0.29, 0.717) is 6.10 Å². The molecule has 25 heavy (non-hydrogen) atoms. The lowest BCUT2D eigenvalue weighted by Gasteiger charge is -2.23. The Morgan fingerprint density at radius 2 is 1.08 bits per heavy atom. The van der Waals surface area contributed by atoms with Gasteiger partial charge in [-0.05, 0) is 6.42 Å². The van der Waals surface area contributed by atoms with Gasteiger partial charge in [-0.1, -0.05) is 116 Å². The van der Waals surface area contributed by atoms with Crippen molar-refractivity contribution >= 4 is 0 Å². The van der Waals surface area contributed by atoms with Gasteiger partial charge in [-0.25, -0.2) is 0 Å². The van der Waals surface area contributed by atoms with Crippen LogP contribution in [0.25, 0.3) is 0 Å². The minimum Gasteiger partial charge on any atom is -0.376 e. The van der Waals surface area contributed by atoms with Gasteiger partial charge in [0, 0.05) is 13.1 Å². The molecule has 1 unspecified atom stereocenters. The summed E-state index contributed by atoms with van der Waals surface area (Å²) in [5, 5.41) is 3.42. The first kappa shape index (κ1) is 23.0. The van der Waals surface area contributed by atoms with Gasteiger partial charge in [-0.2, -0.15) is 0 Å². The molecule has 0 aromatic heterocycles. The van der Waals surface area contributed by atoms with Crippen molar-refractivity contribution in [3.63, 3.8) is 0 Å². The van der Waals surface area contributed by atoms with Crippen LogP contribution in [-0.4, -0.2) is 25.8 Å². The third-order valence-electron chi connectivity index (χ3n) is 5.63. The third-order valence-corrected chi connectivity index (χ3v) is 5.63. The monoisotopic (exact) mass is 353 g/mol. The lowest BCUT2D eigenvalue weighted by Crippen LogP contribution is -2.38. The summed E-state index contributed by atoms with van der Waals surface area (Å²) in [5.41, 5.74) is 0. The van der Waals surface area contributed by atoms with Crippen LogP contribution in [0.1, 0.15) is 122 Å². The third kappa shape index (κ3) is 15.9. The van der Waals surface area contributed by atoms with E-state index in [1.54, 1.807) is 0 Å². The Morgan fingerprint density at radius 1 is 0.640 bits per heavy atom. The molecule has 1 aliphatic rings. The van der Waals surface area contributed by atoms with E-state index in [9.17, 15) is 0 Å². The van der Waals surface area contributed by atoms with Crippen LogP contribution in [0.3, 0.4) is 0 Å². The maximum Gasteiger partial charge on any atom is 0.0700 e. The quantitative estimate of drug-likeness (QED) is 0.267. The zero-order valence-electron chi connectivity index (χ0n) is 17.3. The van der Waals surface area contributed by atoms with Gasteiger partial charge in [0.2, 0.25) is 0 Å². The Balaban J connectivity index is 1.65. The summed E-state index contributed by atoms with van der Waals surface area (Å²) in [6.07, 6.45) is 26.4. The largest absolute Gasteiger partial charge is 0.376 e. The molecule has 0 aromatic carbocycles. The predicted octanol–water partition coefficient (Wildman–Crippen LogP) is 7.02. The van der Waals surface area contributed by atoms with Crippen LogP contribution in [0.15, 0.2) is 0 Å². The Hall–Kier alpha value is -0.0800. The van der Waals surface area contributed by atoms with Gasteiger partial charge < -0.3 is 10.1 Å². The normalized spacial score (nSPS) is 17.9. The van der Waals surface area contributed by atoms with Crippen molar-refractivity contribution in [2.75, 3.05) is 19.7 Å². The summed E-state index contributed by atoms with van der Waals surface area (Å²) in [7, 11) is 0. The second kappa shape index (κ2) is 18.7. The molecule has 150 valence electrons. The highest BCUT2D eigenvalue weighted by Crippen LogP contribution is 2.15. The summed E-state index contributed by atoms with van der Waals surface area (Å²) in [4.78, 5) is 0. The minimum absolute atomic E-state index is 0.491. The van der Waals surface area contributed by atoms with Gasteiger partial charge in [0.25, 0.3) is 0 Å². The highest BCUT2D eigenvalue weighted by molar-refractivity contribution is 4.66. The lowest BCUT2D eigenvalue weighted by molar-refractivity contribution is 0.0220. The zero-order chi connectivity index (χ0) is 17.8. The fraction of sp³-hybridized carbons (Fsp3) is 1.00. The first-order chi connectivity index (χ1) is 12.4. The predicted molar refractivity (Wildman–Crippen MR) is 111 cm³/mol. The molecule has 0 saturated carbocycles. The lowest BCUT2D eigenvalue weighted by atomic mass is 10.0. The van der Waals surface area contributed by atoms with Gasteiger partial charge in [0.1, 0.15) is 0 Å². The molecular weight excluding hydrogens is 306 g/mol. The smallest absolute Gasteiger partial charge is 0.0700 e. The fourth-order valence-corrected chi connectivity index (χ4v) is 3.90. The number of nitrogens with one attached hydrogen (secondary N) is 1. The molecule has 1 aliphatic heterocycles.